The van der Waals surface area contributed by atoms with Gasteiger partial charge in [0.05, 0.1) is 24.5 Å². The van der Waals surface area contributed by atoms with Crippen LogP contribution < -0.4 is 4.74 Å². The molecule has 158 valence electrons. The molecule has 1 aromatic carbocycles. The number of Topliss-reactive ketones (excluding diaryl/α,β-unsaturated/α-hetero) is 1. The van der Waals surface area contributed by atoms with Crippen LogP contribution in [0.3, 0.4) is 0 Å². The van der Waals surface area contributed by atoms with Gasteiger partial charge in [-0.3, -0.25) is 9.59 Å². The fourth-order valence-corrected chi connectivity index (χ4v) is 4.12. The normalized spacial score (nSPS) is 21.5. The average molecular weight is 414 g/mol. The summed E-state index contributed by atoms with van der Waals surface area (Å²) >= 11 is 0. The van der Waals surface area contributed by atoms with Gasteiger partial charge in [0.25, 0.3) is 11.7 Å². The second-order valence-electron chi connectivity index (χ2n) is 7.40. The van der Waals surface area contributed by atoms with Gasteiger partial charge in [-0.25, -0.2) is 4.39 Å². The summed E-state index contributed by atoms with van der Waals surface area (Å²) in [5.41, 5.74) is -0.133. The molecule has 1 unspecified atom stereocenters. The number of furan rings is 1. The molecular formula is C22H23FN2O5. The molecule has 0 radical (unpaired) electrons. The van der Waals surface area contributed by atoms with Crippen molar-refractivity contribution in [3.05, 3.63) is 59.3 Å². The van der Waals surface area contributed by atoms with Gasteiger partial charge in [0.15, 0.2) is 0 Å². The van der Waals surface area contributed by atoms with Crippen LogP contribution in [-0.4, -0.2) is 59.9 Å². The lowest BCUT2D eigenvalue weighted by Crippen LogP contribution is -2.37. The molecule has 2 aliphatic rings. The molecule has 2 aliphatic heterocycles. The maximum atomic E-state index is 13.9. The van der Waals surface area contributed by atoms with E-state index in [0.29, 0.717) is 18.8 Å². The van der Waals surface area contributed by atoms with Crippen LogP contribution in [0.5, 0.6) is 5.75 Å². The quantitative estimate of drug-likeness (QED) is 0.445. The third-order valence-electron chi connectivity index (χ3n) is 5.63. The smallest absolute Gasteiger partial charge is 0.295 e. The highest BCUT2D eigenvalue weighted by Gasteiger charge is 2.47. The molecule has 4 rings (SSSR count). The lowest BCUT2D eigenvalue weighted by atomic mass is 9.98. The molecule has 0 saturated carbocycles. The summed E-state index contributed by atoms with van der Waals surface area (Å²) in [6.07, 6.45) is 3.66. The number of hydrogen-bond donors (Lipinski definition) is 1. The molecule has 8 heteroatoms. The number of ketones is 1. The summed E-state index contributed by atoms with van der Waals surface area (Å²) < 4.78 is 24.6. The highest BCUT2D eigenvalue weighted by atomic mass is 19.1. The fourth-order valence-electron chi connectivity index (χ4n) is 4.12. The Morgan fingerprint density at radius 2 is 2.00 bits per heavy atom. The predicted octanol–water partition coefficient (Wildman–Crippen LogP) is 2.94. The molecule has 1 amide bonds. The van der Waals surface area contributed by atoms with Gasteiger partial charge in [0, 0.05) is 13.1 Å². The van der Waals surface area contributed by atoms with Crippen molar-refractivity contribution in [1.82, 2.24) is 9.80 Å². The Morgan fingerprint density at radius 1 is 1.23 bits per heavy atom. The maximum Gasteiger partial charge on any atom is 0.295 e. The molecule has 1 atom stereocenters. The van der Waals surface area contributed by atoms with Crippen LogP contribution >= 0.6 is 0 Å². The topological polar surface area (TPSA) is 83.2 Å². The number of aliphatic hydroxyl groups excluding tert-OH is 1. The molecule has 0 aliphatic carbocycles. The van der Waals surface area contributed by atoms with Crippen LogP contribution in [0.4, 0.5) is 4.39 Å². The summed E-state index contributed by atoms with van der Waals surface area (Å²) in [7, 11) is 1.38. The highest BCUT2D eigenvalue weighted by molar-refractivity contribution is 6.46. The number of ether oxygens (including phenoxy) is 1. The SMILES string of the molecule is COc1ccc(F)cc1/C(O)=C1\C(=O)C(=O)N(CCN2CCCC2)C1c1ccco1. The minimum Gasteiger partial charge on any atom is -0.507 e. The highest BCUT2D eigenvalue weighted by Crippen LogP contribution is 2.41. The van der Waals surface area contributed by atoms with E-state index in [1.165, 1.54) is 30.4 Å². The summed E-state index contributed by atoms with van der Waals surface area (Å²) in [5.74, 6) is -2.10. The number of carbonyl (C=O) groups excluding carboxylic acids is 2. The first-order valence-electron chi connectivity index (χ1n) is 9.89. The first-order valence-corrected chi connectivity index (χ1v) is 9.89. The van der Waals surface area contributed by atoms with Crippen LogP contribution in [0.2, 0.25) is 0 Å². The Hall–Kier alpha value is -3.13. The summed E-state index contributed by atoms with van der Waals surface area (Å²) in [6, 6.07) is 6.03. The number of hydrogen-bond acceptors (Lipinski definition) is 6. The minimum atomic E-state index is -0.893. The molecule has 2 fully saturated rings. The van der Waals surface area contributed by atoms with Gasteiger partial charge in [-0.1, -0.05) is 0 Å². The molecular weight excluding hydrogens is 391 g/mol. The van der Waals surface area contributed by atoms with Gasteiger partial charge in [-0.15, -0.1) is 0 Å². The van der Waals surface area contributed by atoms with E-state index in [2.05, 4.69) is 4.90 Å². The number of rotatable bonds is 6. The Labute approximate surface area is 173 Å². The Bertz CT molecular complexity index is 979. The zero-order valence-corrected chi connectivity index (χ0v) is 16.6. The maximum absolute atomic E-state index is 13.9. The van der Waals surface area contributed by atoms with Crippen molar-refractivity contribution in [3.63, 3.8) is 0 Å². The van der Waals surface area contributed by atoms with E-state index in [-0.39, 0.29) is 16.9 Å². The number of benzene rings is 1. The van der Waals surface area contributed by atoms with Crippen molar-refractivity contribution in [2.45, 2.75) is 18.9 Å². The third kappa shape index (κ3) is 3.59. The lowest BCUT2D eigenvalue weighted by molar-refractivity contribution is -0.140. The van der Waals surface area contributed by atoms with E-state index >= 15 is 0 Å². The largest absolute Gasteiger partial charge is 0.507 e. The van der Waals surface area contributed by atoms with E-state index in [4.69, 9.17) is 9.15 Å². The predicted molar refractivity (Wildman–Crippen MR) is 106 cm³/mol. The third-order valence-corrected chi connectivity index (χ3v) is 5.63. The molecule has 1 N–H and O–H groups in total. The van der Waals surface area contributed by atoms with E-state index in [1.807, 2.05) is 0 Å². The van der Waals surface area contributed by atoms with Crippen molar-refractivity contribution in [2.75, 3.05) is 33.3 Å². The van der Waals surface area contributed by atoms with Gasteiger partial charge >= 0.3 is 0 Å². The second-order valence-corrected chi connectivity index (χ2v) is 7.40. The standard InChI is InChI=1S/C22H23FN2O5/c1-29-16-7-6-14(23)13-15(16)20(26)18-19(17-5-4-12-30-17)25(22(28)21(18)27)11-10-24-8-2-3-9-24/h4-7,12-13,19,26H,2-3,8-11H2,1H3/b20-18+. The van der Waals surface area contributed by atoms with Crippen LogP contribution in [0.1, 0.15) is 30.2 Å². The summed E-state index contributed by atoms with van der Waals surface area (Å²) in [5, 5.41) is 11.0. The van der Waals surface area contributed by atoms with Crippen molar-refractivity contribution in [2.24, 2.45) is 0 Å². The summed E-state index contributed by atoms with van der Waals surface area (Å²) in [4.78, 5) is 29.4. The molecule has 3 heterocycles. The van der Waals surface area contributed by atoms with Gasteiger partial charge < -0.3 is 24.1 Å². The van der Waals surface area contributed by atoms with E-state index in [9.17, 15) is 19.1 Å². The Morgan fingerprint density at radius 3 is 2.67 bits per heavy atom. The zero-order valence-electron chi connectivity index (χ0n) is 16.6. The van der Waals surface area contributed by atoms with Gasteiger partial charge in [0.2, 0.25) is 0 Å². The van der Waals surface area contributed by atoms with E-state index < -0.39 is 29.3 Å². The molecule has 1 aromatic heterocycles. The molecule has 2 aromatic rings. The number of carbonyl (C=O) groups is 2. The fraction of sp³-hybridized carbons (Fsp3) is 0.364. The van der Waals surface area contributed by atoms with Crippen LogP contribution in [0.25, 0.3) is 5.76 Å². The number of likely N-dealkylation sites (tertiary alicyclic amines) is 2. The van der Waals surface area contributed by atoms with Gasteiger partial charge in [-0.05, 0) is 56.3 Å². The Kier molecular flexibility index (Phi) is 5.59. The Balaban J connectivity index is 1.77. The monoisotopic (exact) mass is 414 g/mol. The molecule has 2 saturated heterocycles. The van der Waals surface area contributed by atoms with Crippen molar-refractivity contribution in [1.29, 1.82) is 0 Å². The minimum absolute atomic E-state index is 0.00611. The molecule has 30 heavy (non-hydrogen) atoms. The number of amides is 1. The van der Waals surface area contributed by atoms with E-state index in [0.717, 1.165) is 32.0 Å². The van der Waals surface area contributed by atoms with Crippen LogP contribution in [-0.2, 0) is 9.59 Å². The summed E-state index contributed by atoms with van der Waals surface area (Å²) in [6.45, 7) is 2.84. The number of halogens is 1. The zero-order chi connectivity index (χ0) is 21.3. The van der Waals surface area contributed by atoms with Crippen molar-refractivity contribution >= 4 is 17.4 Å². The number of nitrogens with zero attached hydrogens (tertiary/aromatic N) is 2. The first kappa shape index (κ1) is 20.2. The first-order chi connectivity index (χ1) is 14.5. The van der Waals surface area contributed by atoms with Crippen molar-refractivity contribution in [3.8, 4) is 5.75 Å². The second kappa shape index (κ2) is 8.31. The molecule has 7 nitrogen and oxygen atoms in total. The van der Waals surface area contributed by atoms with Crippen molar-refractivity contribution < 1.29 is 28.2 Å². The molecule has 0 spiro atoms. The number of aliphatic hydroxyl groups is 1. The van der Waals surface area contributed by atoms with E-state index in [1.54, 1.807) is 12.1 Å². The lowest BCUT2D eigenvalue weighted by Gasteiger charge is -2.25. The average Bonchev–Trinajstić information content (AvgIpc) is 3.49. The van der Waals surface area contributed by atoms with Gasteiger partial charge in [-0.2, -0.15) is 0 Å². The number of methoxy groups -OCH3 is 1. The van der Waals surface area contributed by atoms with Gasteiger partial charge in [0.1, 0.15) is 29.1 Å². The van der Waals surface area contributed by atoms with Crippen LogP contribution in [0.15, 0.2) is 46.6 Å². The van der Waals surface area contributed by atoms with Crippen LogP contribution in [0, 0.1) is 5.82 Å². The molecule has 0 bridgehead atoms.